The number of carbonyl (C=O) groups excluding carboxylic acids is 2. The Morgan fingerprint density at radius 3 is 2.16 bits per heavy atom. The molecule has 0 saturated carbocycles. The molecule has 160 valence electrons. The van der Waals surface area contributed by atoms with Crippen molar-refractivity contribution in [1.29, 1.82) is 0 Å². The van der Waals surface area contributed by atoms with Crippen LogP contribution in [0.25, 0.3) is 0 Å². The lowest BCUT2D eigenvalue weighted by atomic mass is 10.2. The number of anilines is 3. The first-order valence-corrected chi connectivity index (χ1v) is 10.5. The molecule has 0 radical (unpaired) electrons. The van der Waals surface area contributed by atoms with E-state index in [-0.39, 0.29) is 16.1 Å². The Labute approximate surface area is 179 Å². The number of nitrogens with two attached hydrogens (primary N) is 1. The van der Waals surface area contributed by atoms with Crippen LogP contribution in [0.15, 0.2) is 77.7 Å². The Morgan fingerprint density at radius 1 is 0.871 bits per heavy atom. The van der Waals surface area contributed by atoms with Crippen molar-refractivity contribution >= 4 is 39.0 Å². The van der Waals surface area contributed by atoms with Gasteiger partial charge >= 0.3 is 6.03 Å². The van der Waals surface area contributed by atoms with Gasteiger partial charge in [0.15, 0.2) is 0 Å². The lowest BCUT2D eigenvalue weighted by Gasteiger charge is -2.12. The van der Waals surface area contributed by atoms with Gasteiger partial charge in [-0.25, -0.2) is 13.2 Å². The van der Waals surface area contributed by atoms with Gasteiger partial charge in [-0.1, -0.05) is 18.2 Å². The van der Waals surface area contributed by atoms with E-state index in [4.69, 9.17) is 10.5 Å². The summed E-state index contributed by atoms with van der Waals surface area (Å²) in [7, 11) is -2.51. The lowest BCUT2D eigenvalue weighted by molar-refractivity contribution is 0.102. The Bertz CT molecular complexity index is 1210. The third-order valence-electron chi connectivity index (χ3n) is 4.17. The van der Waals surface area contributed by atoms with E-state index in [1.165, 1.54) is 31.4 Å². The maximum atomic E-state index is 12.8. The van der Waals surface area contributed by atoms with E-state index in [1.807, 2.05) is 0 Å². The Hall–Kier alpha value is -4.05. The fraction of sp³-hybridized carbons (Fsp3) is 0.0476. The Balaban J connectivity index is 1.77. The van der Waals surface area contributed by atoms with Crippen LogP contribution in [0, 0.1) is 0 Å². The quantitative estimate of drug-likeness (QED) is 0.447. The lowest BCUT2D eigenvalue weighted by Crippen LogP contribution is -2.19. The number of benzene rings is 3. The van der Waals surface area contributed by atoms with Gasteiger partial charge in [0.25, 0.3) is 15.9 Å². The number of carbonyl (C=O) groups is 2. The number of rotatable bonds is 7. The smallest absolute Gasteiger partial charge is 0.316 e. The van der Waals surface area contributed by atoms with Gasteiger partial charge in [-0.05, 0) is 54.6 Å². The van der Waals surface area contributed by atoms with E-state index in [0.29, 0.717) is 17.1 Å². The summed E-state index contributed by atoms with van der Waals surface area (Å²) in [5.74, 6) is -0.126. The average molecular weight is 440 g/mol. The molecular weight excluding hydrogens is 420 g/mol. The summed E-state index contributed by atoms with van der Waals surface area (Å²) in [5, 5.41) is 5.08. The molecule has 0 spiro atoms. The number of hydrogen-bond acceptors (Lipinski definition) is 5. The number of nitrogens with one attached hydrogen (secondary N) is 3. The Morgan fingerprint density at radius 2 is 1.52 bits per heavy atom. The van der Waals surface area contributed by atoms with Crippen molar-refractivity contribution in [1.82, 2.24) is 0 Å². The fourth-order valence-electron chi connectivity index (χ4n) is 2.72. The second-order valence-corrected chi connectivity index (χ2v) is 8.04. The van der Waals surface area contributed by atoms with Crippen molar-refractivity contribution in [3.05, 3.63) is 78.4 Å². The first-order chi connectivity index (χ1) is 14.8. The number of hydrogen-bond donors (Lipinski definition) is 4. The molecule has 0 atom stereocenters. The zero-order valence-electron chi connectivity index (χ0n) is 16.5. The summed E-state index contributed by atoms with van der Waals surface area (Å²) >= 11 is 0. The molecule has 31 heavy (non-hydrogen) atoms. The number of ether oxygens (including phenoxy) is 1. The molecule has 3 aromatic carbocycles. The van der Waals surface area contributed by atoms with Gasteiger partial charge in [0.2, 0.25) is 0 Å². The van der Waals surface area contributed by atoms with E-state index in [9.17, 15) is 18.0 Å². The average Bonchev–Trinajstić information content (AvgIpc) is 2.75. The van der Waals surface area contributed by atoms with Gasteiger partial charge in [-0.15, -0.1) is 0 Å². The van der Waals surface area contributed by atoms with Crippen LogP contribution < -0.4 is 25.8 Å². The van der Waals surface area contributed by atoms with Crippen LogP contribution in [0.2, 0.25) is 0 Å². The minimum absolute atomic E-state index is 0.0768. The maximum Gasteiger partial charge on any atom is 0.316 e. The molecule has 10 heteroatoms. The number of sulfonamides is 1. The van der Waals surface area contributed by atoms with Gasteiger partial charge in [0, 0.05) is 16.9 Å². The van der Waals surface area contributed by atoms with E-state index in [0.717, 1.165) is 0 Å². The minimum Gasteiger partial charge on any atom is -0.495 e. The number of para-hydroxylation sites is 2. The molecule has 3 aromatic rings. The summed E-state index contributed by atoms with van der Waals surface area (Å²) in [6.07, 6.45) is 0. The van der Waals surface area contributed by atoms with Crippen LogP contribution in [0.4, 0.5) is 21.9 Å². The molecule has 0 heterocycles. The summed E-state index contributed by atoms with van der Waals surface area (Å²) in [4.78, 5) is 23.4. The standard InChI is InChI=1S/C21H20N4O5S/c1-30-19-8-3-2-7-18(19)25-31(28,29)17-6-4-5-14(13-17)20(26)23-15-9-11-16(12-10-15)24-21(22)27/h2-13,25H,1H3,(H,23,26)(H3,22,24,27). The van der Waals surface area contributed by atoms with E-state index in [2.05, 4.69) is 15.4 Å². The molecule has 0 aromatic heterocycles. The molecule has 0 saturated heterocycles. The van der Waals surface area contributed by atoms with Gasteiger partial charge in [-0.3, -0.25) is 9.52 Å². The SMILES string of the molecule is COc1ccccc1NS(=O)(=O)c1cccc(C(=O)Nc2ccc(NC(N)=O)cc2)c1. The zero-order chi connectivity index (χ0) is 22.4. The van der Waals surface area contributed by atoms with Crippen LogP contribution in [0.5, 0.6) is 5.75 Å². The Kier molecular flexibility index (Phi) is 6.41. The third-order valence-corrected chi connectivity index (χ3v) is 5.53. The van der Waals surface area contributed by atoms with Crippen LogP contribution in [0.3, 0.4) is 0 Å². The monoisotopic (exact) mass is 440 g/mol. The fourth-order valence-corrected chi connectivity index (χ4v) is 3.84. The predicted molar refractivity (Wildman–Crippen MR) is 118 cm³/mol. The van der Waals surface area contributed by atoms with Gasteiger partial charge in [0.05, 0.1) is 17.7 Å². The molecule has 0 aliphatic rings. The van der Waals surface area contributed by atoms with E-state index < -0.39 is 22.0 Å². The van der Waals surface area contributed by atoms with Crippen molar-refractivity contribution in [2.24, 2.45) is 5.73 Å². The highest BCUT2D eigenvalue weighted by molar-refractivity contribution is 7.92. The van der Waals surface area contributed by atoms with Gasteiger partial charge in [0.1, 0.15) is 5.75 Å². The summed E-state index contributed by atoms with van der Waals surface area (Å²) < 4.78 is 33.2. The summed E-state index contributed by atoms with van der Waals surface area (Å²) in [6.45, 7) is 0. The van der Waals surface area contributed by atoms with E-state index in [1.54, 1.807) is 48.5 Å². The molecule has 5 N–H and O–H groups in total. The third kappa shape index (κ3) is 5.52. The first kappa shape index (κ1) is 21.7. The van der Waals surface area contributed by atoms with Crippen molar-refractivity contribution in [3.63, 3.8) is 0 Å². The summed E-state index contributed by atoms with van der Waals surface area (Å²) in [6, 6.07) is 17.8. The second kappa shape index (κ2) is 9.18. The largest absolute Gasteiger partial charge is 0.495 e. The first-order valence-electron chi connectivity index (χ1n) is 9.02. The van der Waals surface area contributed by atoms with Gasteiger partial charge in [-0.2, -0.15) is 0 Å². The maximum absolute atomic E-state index is 12.8. The number of amides is 3. The van der Waals surface area contributed by atoms with Gasteiger partial charge < -0.3 is 21.1 Å². The normalized spacial score (nSPS) is 10.7. The van der Waals surface area contributed by atoms with Crippen LogP contribution in [-0.2, 0) is 10.0 Å². The van der Waals surface area contributed by atoms with Crippen LogP contribution in [0.1, 0.15) is 10.4 Å². The second-order valence-electron chi connectivity index (χ2n) is 6.35. The molecular formula is C21H20N4O5S. The molecule has 0 aliphatic carbocycles. The van der Waals surface area contributed by atoms with Crippen LogP contribution >= 0.6 is 0 Å². The zero-order valence-corrected chi connectivity index (χ0v) is 17.3. The van der Waals surface area contributed by atoms with Crippen molar-refractivity contribution in [2.75, 3.05) is 22.5 Å². The predicted octanol–water partition coefficient (Wildman–Crippen LogP) is 3.24. The summed E-state index contributed by atoms with van der Waals surface area (Å²) in [5.41, 5.74) is 6.42. The molecule has 3 rings (SSSR count). The number of urea groups is 1. The highest BCUT2D eigenvalue weighted by atomic mass is 32.2. The molecule has 0 bridgehead atoms. The molecule has 9 nitrogen and oxygen atoms in total. The van der Waals surface area contributed by atoms with Crippen LogP contribution in [-0.4, -0.2) is 27.5 Å². The highest BCUT2D eigenvalue weighted by Gasteiger charge is 2.18. The molecule has 3 amide bonds. The van der Waals surface area contributed by atoms with E-state index >= 15 is 0 Å². The number of primary amides is 1. The molecule has 0 fully saturated rings. The molecule has 0 unspecified atom stereocenters. The number of methoxy groups -OCH3 is 1. The van der Waals surface area contributed by atoms with Crippen molar-refractivity contribution in [2.45, 2.75) is 4.90 Å². The van der Waals surface area contributed by atoms with Crippen molar-refractivity contribution < 1.29 is 22.7 Å². The van der Waals surface area contributed by atoms with Crippen molar-refractivity contribution in [3.8, 4) is 5.75 Å². The molecule has 0 aliphatic heterocycles. The minimum atomic E-state index is -3.95. The highest BCUT2D eigenvalue weighted by Crippen LogP contribution is 2.26. The topological polar surface area (TPSA) is 140 Å².